The smallest absolute Gasteiger partial charge is 0.234 e. The van der Waals surface area contributed by atoms with Crippen molar-refractivity contribution < 1.29 is 11.6 Å². The van der Waals surface area contributed by atoms with Gasteiger partial charge in [-0.3, -0.25) is 9.69 Å². The van der Waals surface area contributed by atoms with E-state index in [1.54, 1.807) is 0 Å². The highest BCUT2D eigenvalue weighted by atomic mass is 16.1. The number of primary amides is 1. The molecule has 0 bridgehead atoms. The number of carbonyl (C=O) groups is 1. The average molecular weight is 147 g/mol. The lowest BCUT2D eigenvalue weighted by molar-refractivity contribution is -0.122. The van der Waals surface area contributed by atoms with Crippen LogP contribution in [0.2, 0.25) is 0 Å². The van der Waals surface area contributed by atoms with E-state index in [2.05, 4.69) is 0 Å². The Morgan fingerprint density at radius 1 is 2.10 bits per heavy atom. The molecule has 1 atom stereocenters. The van der Waals surface area contributed by atoms with Crippen LogP contribution < -0.4 is 5.73 Å². The Bertz CT molecular complexity index is 265. The predicted octanol–water partition coefficient (Wildman–Crippen LogP) is -0.0440. The molecule has 3 heteroatoms. The Kier molecular flexibility index (Phi) is 0.969. The summed E-state index contributed by atoms with van der Waals surface area (Å²) in [5.41, 5.74) is 5.10. The van der Waals surface area contributed by atoms with Gasteiger partial charge in [-0.1, -0.05) is 6.85 Å². The van der Waals surface area contributed by atoms with Crippen LogP contribution in [0.5, 0.6) is 0 Å². The number of likely N-dealkylation sites (tertiary alicyclic amines) is 1. The maximum Gasteiger partial charge on any atom is 0.234 e. The Balaban J connectivity index is 2.91. The Hall–Kier alpha value is -0.570. The molecule has 58 valence electrons. The molecule has 0 aromatic heterocycles. The number of amides is 1. The molecule has 1 aliphatic rings. The molecule has 0 aromatic carbocycles. The molecule has 1 aliphatic heterocycles. The second-order valence-electron chi connectivity index (χ2n) is 2.37. The summed E-state index contributed by atoms with van der Waals surface area (Å²) in [5.74, 6) is -0.666. The summed E-state index contributed by atoms with van der Waals surface area (Å²) < 4.78 is 36.3. The molecule has 1 fully saturated rings. The van der Waals surface area contributed by atoms with E-state index in [1.807, 2.05) is 0 Å². The summed E-state index contributed by atoms with van der Waals surface area (Å²) in [5, 5.41) is 0. The van der Waals surface area contributed by atoms with Crippen molar-refractivity contribution in [3.8, 4) is 0 Å². The van der Waals surface area contributed by atoms with Crippen LogP contribution in [0.25, 0.3) is 0 Å². The van der Waals surface area contributed by atoms with Gasteiger partial charge in [0, 0.05) is 6.85 Å². The summed E-state index contributed by atoms with van der Waals surface area (Å²) in [7, 11) is 0. The summed E-state index contributed by atoms with van der Waals surface area (Å²) >= 11 is 0. The van der Waals surface area contributed by atoms with E-state index in [9.17, 15) is 4.79 Å². The minimum Gasteiger partial charge on any atom is -0.368 e. The summed E-state index contributed by atoms with van der Waals surface area (Å²) in [6, 6.07) is -0.805. The second kappa shape index (κ2) is 3.01. The van der Waals surface area contributed by atoms with Crippen LogP contribution in [0.15, 0.2) is 0 Å². The first-order chi connectivity index (χ1) is 6.68. The molecule has 0 saturated carbocycles. The van der Waals surface area contributed by atoms with E-state index < -0.39 is 25.3 Å². The van der Waals surface area contributed by atoms with Gasteiger partial charge in [0.1, 0.15) is 0 Å². The third kappa shape index (κ3) is 1.29. The van der Waals surface area contributed by atoms with Gasteiger partial charge in [0.2, 0.25) is 5.91 Å². The van der Waals surface area contributed by atoms with Gasteiger partial charge in [-0.2, -0.15) is 0 Å². The average Bonchev–Trinajstić information content (AvgIpc) is 2.48. The van der Waals surface area contributed by atoms with Crippen molar-refractivity contribution in [1.82, 2.24) is 4.90 Å². The van der Waals surface area contributed by atoms with Crippen LogP contribution in [-0.4, -0.2) is 29.9 Å². The van der Waals surface area contributed by atoms with Crippen molar-refractivity contribution in [1.29, 1.82) is 0 Å². The van der Waals surface area contributed by atoms with Gasteiger partial charge in [-0.05, 0) is 25.9 Å². The van der Waals surface area contributed by atoms with Crippen LogP contribution in [0, 0.1) is 0 Å². The highest BCUT2D eigenvalue weighted by Crippen LogP contribution is 2.15. The third-order valence-electron chi connectivity index (χ3n) is 1.72. The fraction of sp³-hybridized carbons (Fsp3) is 0.857. The van der Waals surface area contributed by atoms with Gasteiger partial charge in [-0.25, -0.2) is 0 Å². The van der Waals surface area contributed by atoms with Gasteiger partial charge in [-0.15, -0.1) is 0 Å². The van der Waals surface area contributed by atoms with Crippen molar-refractivity contribution in [2.75, 3.05) is 13.0 Å². The van der Waals surface area contributed by atoms with Gasteiger partial charge in [0.25, 0.3) is 0 Å². The second-order valence-corrected chi connectivity index (χ2v) is 2.37. The molecule has 0 radical (unpaired) electrons. The zero-order valence-electron chi connectivity index (χ0n) is 10.6. The molecule has 10 heavy (non-hydrogen) atoms. The van der Waals surface area contributed by atoms with Gasteiger partial charge in [0.15, 0.2) is 0 Å². The predicted molar refractivity (Wildman–Crippen MR) is 39.5 cm³/mol. The number of hydrogen-bond donors (Lipinski definition) is 1. The molecule has 2 N–H and O–H groups in total. The maximum absolute atomic E-state index is 11.0. The number of hydrogen-bond acceptors (Lipinski definition) is 2. The van der Waals surface area contributed by atoms with Crippen LogP contribution >= 0.6 is 0 Å². The minimum atomic E-state index is -2.77. The number of carbonyl (C=O) groups excluding carboxylic acids is 1. The lowest BCUT2D eigenvalue weighted by atomic mass is 10.2. The van der Waals surface area contributed by atoms with Crippen LogP contribution in [0.3, 0.4) is 0 Å². The molecule has 1 heterocycles. The van der Waals surface area contributed by atoms with Crippen molar-refractivity contribution >= 4 is 5.91 Å². The van der Waals surface area contributed by atoms with Crippen LogP contribution in [-0.2, 0) is 4.79 Å². The van der Waals surface area contributed by atoms with Crippen LogP contribution in [0.4, 0.5) is 0 Å². The number of rotatable bonds is 2. The van der Waals surface area contributed by atoms with E-state index in [0.29, 0.717) is 12.8 Å². The monoisotopic (exact) mass is 147 g/mol. The van der Waals surface area contributed by atoms with E-state index in [-0.39, 0.29) is 6.54 Å². The van der Waals surface area contributed by atoms with Crippen LogP contribution in [0.1, 0.15) is 26.5 Å². The first kappa shape index (κ1) is 3.22. The highest BCUT2D eigenvalue weighted by Gasteiger charge is 2.26. The van der Waals surface area contributed by atoms with E-state index in [0.717, 1.165) is 4.90 Å². The Morgan fingerprint density at radius 2 is 2.90 bits per heavy atom. The number of likely N-dealkylation sites (N-methyl/N-ethyl adjacent to an activating group) is 1. The van der Waals surface area contributed by atoms with Crippen molar-refractivity contribution in [3.63, 3.8) is 0 Å². The summed E-state index contributed by atoms with van der Waals surface area (Å²) in [6.07, 6.45) is 1.01. The standard InChI is InChI=1S/C7H14N2O/c1-2-9-5-3-4-6(9)7(8)10/h6H,2-5H2,1H3,(H2,8,10)/i1D3,2D2. The van der Waals surface area contributed by atoms with Gasteiger partial charge >= 0.3 is 0 Å². The van der Waals surface area contributed by atoms with E-state index >= 15 is 0 Å². The number of nitrogens with zero attached hydrogens (tertiary/aromatic N) is 1. The lowest BCUT2D eigenvalue weighted by Gasteiger charge is -2.18. The first-order valence-electron chi connectivity index (χ1n) is 5.74. The molecule has 0 aromatic rings. The van der Waals surface area contributed by atoms with Crippen molar-refractivity contribution in [2.24, 2.45) is 5.73 Å². The highest BCUT2D eigenvalue weighted by molar-refractivity contribution is 5.80. The zero-order chi connectivity index (χ0) is 11.9. The molecule has 0 aliphatic carbocycles. The first-order valence-corrected chi connectivity index (χ1v) is 3.24. The maximum atomic E-state index is 11.0. The molecule has 1 unspecified atom stereocenters. The molecule has 0 spiro atoms. The molecule has 1 rings (SSSR count). The van der Waals surface area contributed by atoms with E-state index in [1.165, 1.54) is 0 Å². The molecule has 1 saturated heterocycles. The zero-order valence-corrected chi connectivity index (χ0v) is 5.63. The Morgan fingerprint density at radius 3 is 3.50 bits per heavy atom. The molecular weight excluding hydrogens is 128 g/mol. The fourth-order valence-electron chi connectivity index (χ4n) is 1.20. The van der Waals surface area contributed by atoms with Gasteiger partial charge in [0.05, 0.1) is 6.04 Å². The van der Waals surface area contributed by atoms with Crippen molar-refractivity contribution in [3.05, 3.63) is 0 Å². The topological polar surface area (TPSA) is 46.3 Å². The minimum absolute atomic E-state index is 0.249. The SMILES string of the molecule is [2H]C([2H])([2H])C([2H])([2H])N1CCCC1C(N)=O. The molecule has 3 nitrogen and oxygen atoms in total. The van der Waals surface area contributed by atoms with E-state index in [4.69, 9.17) is 12.6 Å². The molecular formula is C7H14N2O. The third-order valence-corrected chi connectivity index (χ3v) is 1.72. The summed E-state index contributed by atoms with van der Waals surface area (Å²) in [4.78, 5) is 12.1. The fourth-order valence-corrected chi connectivity index (χ4v) is 1.20. The Labute approximate surface area is 68.2 Å². The quantitative estimate of drug-likeness (QED) is 0.595. The van der Waals surface area contributed by atoms with Crippen molar-refractivity contribution in [2.45, 2.75) is 25.7 Å². The molecule has 1 amide bonds. The van der Waals surface area contributed by atoms with Gasteiger partial charge < -0.3 is 5.73 Å². The summed E-state index contributed by atoms with van der Waals surface area (Å²) in [6.45, 7) is -5.02. The lowest BCUT2D eigenvalue weighted by Crippen LogP contribution is -2.39. The largest absolute Gasteiger partial charge is 0.368 e. The normalized spacial score (nSPS) is 37.2. The number of nitrogens with two attached hydrogens (primary N) is 1.